The molecule has 1 saturated carbocycles. The average molecular weight is 210 g/mol. The van der Waals surface area contributed by atoms with Crippen molar-refractivity contribution < 1.29 is 4.79 Å². The summed E-state index contributed by atoms with van der Waals surface area (Å²) in [6.45, 7) is 4.54. The van der Waals surface area contributed by atoms with E-state index in [1.165, 1.54) is 57.7 Å². The molecule has 0 amide bonds. The molecule has 15 heavy (non-hydrogen) atoms. The molecule has 0 bridgehead atoms. The largest absolute Gasteiger partial charge is 0.303 e. The van der Waals surface area contributed by atoms with Crippen LogP contribution in [-0.2, 0) is 4.79 Å². The Labute approximate surface area is 94.6 Å². The minimum Gasteiger partial charge on any atom is -0.303 e. The summed E-state index contributed by atoms with van der Waals surface area (Å²) in [7, 11) is 0. The van der Waals surface area contributed by atoms with Gasteiger partial charge in [-0.15, -0.1) is 0 Å². The van der Waals surface area contributed by atoms with Crippen LogP contribution in [0.5, 0.6) is 0 Å². The lowest BCUT2D eigenvalue weighted by Gasteiger charge is -2.30. The number of carbonyl (C=O) groups excluding carboxylic acids is 1. The van der Waals surface area contributed by atoms with Gasteiger partial charge in [0.25, 0.3) is 0 Å². The summed E-state index contributed by atoms with van der Waals surface area (Å²) in [5.74, 6) is 0.288. The van der Waals surface area contributed by atoms with Crippen LogP contribution in [0.15, 0.2) is 0 Å². The second-order valence-corrected chi connectivity index (χ2v) is 5.74. The van der Waals surface area contributed by atoms with Crippen molar-refractivity contribution in [2.75, 3.05) is 0 Å². The van der Waals surface area contributed by atoms with E-state index in [0.29, 0.717) is 0 Å². The fourth-order valence-corrected chi connectivity index (χ4v) is 2.66. The van der Waals surface area contributed by atoms with Crippen LogP contribution in [0, 0.1) is 11.3 Å². The summed E-state index contributed by atoms with van der Waals surface area (Å²) in [5.41, 5.74) is 0.228. The Morgan fingerprint density at radius 1 is 0.933 bits per heavy atom. The molecule has 1 aliphatic carbocycles. The van der Waals surface area contributed by atoms with Gasteiger partial charge in [0.15, 0.2) is 0 Å². The molecule has 0 heterocycles. The summed E-state index contributed by atoms with van der Waals surface area (Å²) in [6, 6.07) is 0. The Bertz CT molecular complexity index is 184. The first-order valence-electron chi connectivity index (χ1n) is 6.62. The predicted octanol–water partition coefficient (Wildman–Crippen LogP) is 4.35. The fourth-order valence-electron chi connectivity index (χ4n) is 2.66. The molecule has 1 nitrogen and oxygen atoms in total. The van der Waals surface area contributed by atoms with Crippen LogP contribution in [0.2, 0.25) is 0 Å². The van der Waals surface area contributed by atoms with Gasteiger partial charge in [-0.2, -0.15) is 0 Å². The zero-order valence-corrected chi connectivity index (χ0v) is 10.4. The maximum atomic E-state index is 11.1. The van der Waals surface area contributed by atoms with E-state index in [1.54, 1.807) is 0 Å². The number of rotatable bonds is 1. The molecule has 1 fully saturated rings. The standard InChI is InChI=1S/C14H26O/c1-14(2)11-9-7-5-3-4-6-8-10-13(14)12-15/h12-13H,3-11H2,1-2H3. The maximum Gasteiger partial charge on any atom is 0.123 e. The summed E-state index contributed by atoms with van der Waals surface area (Å²) < 4.78 is 0. The highest BCUT2D eigenvalue weighted by atomic mass is 16.1. The van der Waals surface area contributed by atoms with Gasteiger partial charge in [0.1, 0.15) is 6.29 Å². The van der Waals surface area contributed by atoms with E-state index in [2.05, 4.69) is 13.8 Å². The van der Waals surface area contributed by atoms with Crippen LogP contribution in [-0.4, -0.2) is 6.29 Å². The van der Waals surface area contributed by atoms with Crippen molar-refractivity contribution >= 4 is 6.29 Å². The zero-order valence-electron chi connectivity index (χ0n) is 10.4. The zero-order chi connectivity index (χ0) is 11.1. The second kappa shape index (κ2) is 6.30. The van der Waals surface area contributed by atoms with Crippen molar-refractivity contribution in [1.82, 2.24) is 0 Å². The highest BCUT2D eigenvalue weighted by molar-refractivity contribution is 5.54. The van der Waals surface area contributed by atoms with E-state index in [4.69, 9.17) is 0 Å². The second-order valence-electron chi connectivity index (χ2n) is 5.74. The SMILES string of the molecule is CC1(C)CCCCCCCCCC1C=O. The smallest absolute Gasteiger partial charge is 0.123 e. The van der Waals surface area contributed by atoms with Crippen LogP contribution in [0.25, 0.3) is 0 Å². The van der Waals surface area contributed by atoms with Crippen LogP contribution in [0.4, 0.5) is 0 Å². The van der Waals surface area contributed by atoms with E-state index >= 15 is 0 Å². The van der Waals surface area contributed by atoms with Gasteiger partial charge in [-0.05, 0) is 18.3 Å². The third-order valence-electron chi connectivity index (χ3n) is 4.00. The number of hydrogen-bond donors (Lipinski definition) is 0. The van der Waals surface area contributed by atoms with Crippen LogP contribution in [0.1, 0.15) is 71.6 Å². The molecule has 1 aliphatic rings. The predicted molar refractivity (Wildman–Crippen MR) is 64.9 cm³/mol. The van der Waals surface area contributed by atoms with Crippen molar-refractivity contribution in [3.63, 3.8) is 0 Å². The summed E-state index contributed by atoms with van der Waals surface area (Å²) in [6.07, 6.45) is 12.9. The molecule has 0 aliphatic heterocycles. The number of aldehydes is 1. The average Bonchev–Trinajstić information content (AvgIpc) is 2.22. The lowest BCUT2D eigenvalue weighted by molar-refractivity contribution is -0.114. The maximum absolute atomic E-state index is 11.1. The van der Waals surface area contributed by atoms with Gasteiger partial charge in [0, 0.05) is 5.92 Å². The van der Waals surface area contributed by atoms with Crippen LogP contribution >= 0.6 is 0 Å². The first kappa shape index (κ1) is 12.7. The Morgan fingerprint density at radius 2 is 1.47 bits per heavy atom. The normalized spacial score (nSPS) is 29.1. The van der Waals surface area contributed by atoms with Crippen molar-refractivity contribution in [1.29, 1.82) is 0 Å². The van der Waals surface area contributed by atoms with E-state index in [-0.39, 0.29) is 11.3 Å². The quantitative estimate of drug-likeness (QED) is 0.588. The molecule has 0 aromatic heterocycles. The van der Waals surface area contributed by atoms with Crippen LogP contribution < -0.4 is 0 Å². The molecule has 0 N–H and O–H groups in total. The van der Waals surface area contributed by atoms with Gasteiger partial charge >= 0.3 is 0 Å². The van der Waals surface area contributed by atoms with Gasteiger partial charge < -0.3 is 4.79 Å². The minimum atomic E-state index is 0.228. The van der Waals surface area contributed by atoms with Gasteiger partial charge in [-0.1, -0.05) is 58.8 Å². The topological polar surface area (TPSA) is 17.1 Å². The highest BCUT2D eigenvalue weighted by Crippen LogP contribution is 2.35. The monoisotopic (exact) mass is 210 g/mol. The molecular weight excluding hydrogens is 184 g/mol. The van der Waals surface area contributed by atoms with Crippen molar-refractivity contribution in [3.8, 4) is 0 Å². The van der Waals surface area contributed by atoms with Gasteiger partial charge in [-0.25, -0.2) is 0 Å². The fraction of sp³-hybridized carbons (Fsp3) is 0.929. The molecule has 0 aromatic carbocycles. The highest BCUT2D eigenvalue weighted by Gasteiger charge is 2.28. The Hall–Kier alpha value is -0.330. The first-order chi connectivity index (χ1) is 7.17. The van der Waals surface area contributed by atoms with E-state index in [1.807, 2.05) is 0 Å². The molecule has 1 atom stereocenters. The molecule has 1 unspecified atom stereocenters. The molecular formula is C14H26O. The Balaban J connectivity index is 2.53. The lowest BCUT2D eigenvalue weighted by atomic mass is 9.74. The third-order valence-corrected chi connectivity index (χ3v) is 4.00. The van der Waals surface area contributed by atoms with Crippen molar-refractivity contribution in [2.24, 2.45) is 11.3 Å². The molecule has 88 valence electrons. The molecule has 0 aromatic rings. The minimum absolute atomic E-state index is 0.228. The van der Waals surface area contributed by atoms with E-state index in [0.717, 1.165) is 6.42 Å². The molecule has 1 heteroatoms. The van der Waals surface area contributed by atoms with E-state index < -0.39 is 0 Å². The van der Waals surface area contributed by atoms with Gasteiger partial charge in [0.05, 0.1) is 0 Å². The Morgan fingerprint density at radius 3 is 2.07 bits per heavy atom. The first-order valence-corrected chi connectivity index (χ1v) is 6.62. The molecule has 0 radical (unpaired) electrons. The number of carbonyl (C=O) groups is 1. The summed E-state index contributed by atoms with van der Waals surface area (Å²) in [5, 5.41) is 0. The Kier molecular flexibility index (Phi) is 5.35. The van der Waals surface area contributed by atoms with Crippen molar-refractivity contribution in [2.45, 2.75) is 71.6 Å². The number of hydrogen-bond acceptors (Lipinski definition) is 1. The van der Waals surface area contributed by atoms with Gasteiger partial charge in [-0.3, -0.25) is 0 Å². The molecule has 0 saturated heterocycles. The van der Waals surface area contributed by atoms with E-state index in [9.17, 15) is 4.79 Å². The molecule has 0 spiro atoms. The summed E-state index contributed by atoms with van der Waals surface area (Å²) in [4.78, 5) is 11.1. The lowest BCUT2D eigenvalue weighted by Crippen LogP contribution is -2.25. The van der Waals surface area contributed by atoms with Crippen molar-refractivity contribution in [3.05, 3.63) is 0 Å². The molecule has 1 rings (SSSR count). The summed E-state index contributed by atoms with van der Waals surface area (Å²) >= 11 is 0. The van der Waals surface area contributed by atoms with Gasteiger partial charge in [0.2, 0.25) is 0 Å². The van der Waals surface area contributed by atoms with Crippen LogP contribution in [0.3, 0.4) is 0 Å². The third kappa shape index (κ3) is 4.36.